The lowest BCUT2D eigenvalue weighted by atomic mass is 10.2. The zero-order valence-corrected chi connectivity index (χ0v) is 11.1. The normalized spacial score (nSPS) is 10.5. The summed E-state index contributed by atoms with van der Waals surface area (Å²) < 4.78 is 13.3. The fraction of sp³-hybridized carbons (Fsp3) is 0.0769. The van der Waals surface area contributed by atoms with Crippen molar-refractivity contribution in [2.75, 3.05) is 0 Å². The molecule has 0 fully saturated rings. The van der Waals surface area contributed by atoms with Gasteiger partial charge in [-0.3, -0.25) is 0 Å². The van der Waals surface area contributed by atoms with Gasteiger partial charge in [0.25, 0.3) is 0 Å². The van der Waals surface area contributed by atoms with Gasteiger partial charge >= 0.3 is 0 Å². The van der Waals surface area contributed by atoms with Crippen LogP contribution in [-0.2, 0) is 5.88 Å². The molecule has 2 rings (SSSR count). The Bertz CT molecular complexity index is 529. The quantitative estimate of drug-likeness (QED) is 0.684. The highest BCUT2D eigenvalue weighted by molar-refractivity contribution is 7.99. The molecular formula is C13H9Cl2FS. The van der Waals surface area contributed by atoms with Gasteiger partial charge in [0.15, 0.2) is 0 Å². The molecule has 0 N–H and O–H groups in total. The van der Waals surface area contributed by atoms with Crippen LogP contribution in [0.15, 0.2) is 52.3 Å². The number of alkyl halides is 1. The topological polar surface area (TPSA) is 0 Å². The Morgan fingerprint density at radius 2 is 1.88 bits per heavy atom. The van der Waals surface area contributed by atoms with Crippen molar-refractivity contribution in [1.29, 1.82) is 0 Å². The number of benzene rings is 2. The van der Waals surface area contributed by atoms with Gasteiger partial charge < -0.3 is 0 Å². The first-order valence-corrected chi connectivity index (χ1v) is 6.70. The molecule has 0 amide bonds. The molecule has 17 heavy (non-hydrogen) atoms. The third-order valence-corrected chi connectivity index (χ3v) is 3.94. The second-order valence-electron chi connectivity index (χ2n) is 3.42. The van der Waals surface area contributed by atoms with Gasteiger partial charge in [0.2, 0.25) is 0 Å². The zero-order valence-electron chi connectivity index (χ0n) is 8.79. The van der Waals surface area contributed by atoms with Crippen LogP contribution in [-0.4, -0.2) is 0 Å². The third-order valence-electron chi connectivity index (χ3n) is 2.24. The van der Waals surface area contributed by atoms with Gasteiger partial charge in [0.1, 0.15) is 5.82 Å². The molecule has 0 aromatic heterocycles. The molecule has 2 aromatic carbocycles. The van der Waals surface area contributed by atoms with Crippen LogP contribution < -0.4 is 0 Å². The van der Waals surface area contributed by atoms with Crippen molar-refractivity contribution in [3.05, 3.63) is 58.9 Å². The summed E-state index contributed by atoms with van der Waals surface area (Å²) in [5.74, 6) is 0.0409. The van der Waals surface area contributed by atoms with Crippen LogP contribution in [0.5, 0.6) is 0 Å². The lowest BCUT2D eigenvalue weighted by molar-refractivity contribution is 0.624. The van der Waals surface area contributed by atoms with Gasteiger partial charge in [-0.15, -0.1) is 11.6 Å². The summed E-state index contributed by atoms with van der Waals surface area (Å²) in [6.07, 6.45) is 0. The molecule has 0 aliphatic rings. The molecule has 0 heterocycles. The van der Waals surface area contributed by atoms with E-state index in [1.807, 2.05) is 24.3 Å². The van der Waals surface area contributed by atoms with E-state index in [-0.39, 0.29) is 5.02 Å². The van der Waals surface area contributed by atoms with Crippen LogP contribution in [0.1, 0.15) is 5.56 Å². The largest absolute Gasteiger partial charge is 0.205 e. The minimum atomic E-state index is -0.403. The van der Waals surface area contributed by atoms with Crippen molar-refractivity contribution < 1.29 is 4.39 Å². The number of hydrogen-bond donors (Lipinski definition) is 0. The Balaban J connectivity index is 2.28. The smallest absolute Gasteiger partial charge is 0.142 e. The monoisotopic (exact) mass is 286 g/mol. The molecule has 0 bridgehead atoms. The molecule has 88 valence electrons. The van der Waals surface area contributed by atoms with E-state index < -0.39 is 5.82 Å². The van der Waals surface area contributed by atoms with Crippen molar-refractivity contribution in [2.24, 2.45) is 0 Å². The Morgan fingerprint density at radius 3 is 2.59 bits per heavy atom. The second-order valence-corrected chi connectivity index (χ2v) is 5.21. The predicted octanol–water partition coefficient (Wildman–Crippen LogP) is 5.37. The summed E-state index contributed by atoms with van der Waals surface area (Å²) >= 11 is 13.0. The van der Waals surface area contributed by atoms with Gasteiger partial charge in [-0.05, 0) is 29.8 Å². The van der Waals surface area contributed by atoms with Gasteiger partial charge in [-0.1, -0.05) is 41.6 Å². The van der Waals surface area contributed by atoms with Crippen molar-refractivity contribution in [2.45, 2.75) is 15.7 Å². The van der Waals surface area contributed by atoms with Crippen LogP contribution in [0.25, 0.3) is 0 Å². The fourth-order valence-corrected chi connectivity index (χ4v) is 2.78. The number of hydrogen-bond acceptors (Lipinski definition) is 1. The molecular weight excluding hydrogens is 278 g/mol. The van der Waals surface area contributed by atoms with E-state index in [0.29, 0.717) is 5.88 Å². The minimum absolute atomic E-state index is 0.139. The molecule has 2 aromatic rings. The molecule has 0 aliphatic heterocycles. The second kappa shape index (κ2) is 5.76. The van der Waals surface area contributed by atoms with E-state index in [9.17, 15) is 4.39 Å². The standard InChI is InChI=1S/C13H9Cl2FS/c14-8-9-3-1-2-4-13(9)17-10-5-6-11(15)12(16)7-10/h1-7H,8H2. The highest BCUT2D eigenvalue weighted by Gasteiger charge is 2.05. The third kappa shape index (κ3) is 3.15. The first-order valence-electron chi connectivity index (χ1n) is 4.97. The maximum absolute atomic E-state index is 13.3. The molecule has 0 aliphatic carbocycles. The Kier molecular flexibility index (Phi) is 4.32. The van der Waals surface area contributed by atoms with Crippen LogP contribution >= 0.6 is 35.0 Å². The fourth-order valence-electron chi connectivity index (χ4n) is 1.38. The lowest BCUT2D eigenvalue weighted by Crippen LogP contribution is -1.84. The van der Waals surface area contributed by atoms with E-state index in [0.717, 1.165) is 15.4 Å². The van der Waals surface area contributed by atoms with E-state index in [2.05, 4.69) is 0 Å². The average Bonchev–Trinajstić information content (AvgIpc) is 2.34. The molecule has 0 nitrogen and oxygen atoms in total. The predicted molar refractivity (Wildman–Crippen MR) is 71.5 cm³/mol. The summed E-state index contributed by atoms with van der Waals surface area (Å²) in [7, 11) is 0. The van der Waals surface area contributed by atoms with Crippen molar-refractivity contribution >= 4 is 35.0 Å². The molecule has 0 unspecified atom stereocenters. The number of rotatable bonds is 3. The van der Waals surface area contributed by atoms with Gasteiger partial charge in [0.05, 0.1) is 5.02 Å². The molecule has 0 saturated carbocycles. The molecule has 0 radical (unpaired) electrons. The molecule has 4 heteroatoms. The summed E-state index contributed by atoms with van der Waals surface area (Å²) in [5.41, 5.74) is 1.04. The summed E-state index contributed by atoms with van der Waals surface area (Å²) in [5, 5.41) is 0.139. The minimum Gasteiger partial charge on any atom is -0.205 e. The summed E-state index contributed by atoms with van der Waals surface area (Å²) in [6, 6.07) is 12.6. The Morgan fingerprint density at radius 1 is 1.12 bits per heavy atom. The SMILES string of the molecule is Fc1cc(Sc2ccccc2CCl)ccc1Cl. The van der Waals surface area contributed by atoms with Crippen LogP contribution in [0.4, 0.5) is 4.39 Å². The van der Waals surface area contributed by atoms with Gasteiger partial charge in [-0.2, -0.15) is 0 Å². The van der Waals surface area contributed by atoms with Crippen molar-refractivity contribution in [3.63, 3.8) is 0 Å². The van der Waals surface area contributed by atoms with Gasteiger partial charge in [-0.25, -0.2) is 4.39 Å². The molecule has 0 spiro atoms. The van der Waals surface area contributed by atoms with Gasteiger partial charge in [0, 0.05) is 15.7 Å². The van der Waals surface area contributed by atoms with E-state index in [1.54, 1.807) is 12.1 Å². The Hall–Kier alpha value is -0.700. The van der Waals surface area contributed by atoms with E-state index in [1.165, 1.54) is 17.8 Å². The maximum Gasteiger partial charge on any atom is 0.142 e. The van der Waals surface area contributed by atoms with Crippen LogP contribution in [0.2, 0.25) is 5.02 Å². The van der Waals surface area contributed by atoms with E-state index in [4.69, 9.17) is 23.2 Å². The van der Waals surface area contributed by atoms with E-state index >= 15 is 0 Å². The van der Waals surface area contributed by atoms with Crippen molar-refractivity contribution in [1.82, 2.24) is 0 Å². The maximum atomic E-state index is 13.3. The van der Waals surface area contributed by atoms with Crippen LogP contribution in [0.3, 0.4) is 0 Å². The highest BCUT2D eigenvalue weighted by Crippen LogP contribution is 2.32. The summed E-state index contributed by atoms with van der Waals surface area (Å²) in [4.78, 5) is 1.84. The summed E-state index contributed by atoms with van der Waals surface area (Å²) in [6.45, 7) is 0. The first-order chi connectivity index (χ1) is 8.20. The zero-order chi connectivity index (χ0) is 12.3. The first kappa shape index (κ1) is 12.7. The van der Waals surface area contributed by atoms with Crippen molar-refractivity contribution in [3.8, 4) is 0 Å². The number of halogens is 3. The highest BCUT2D eigenvalue weighted by atomic mass is 35.5. The van der Waals surface area contributed by atoms with Crippen LogP contribution in [0, 0.1) is 5.82 Å². The Labute approximate surface area is 114 Å². The average molecular weight is 287 g/mol. The lowest BCUT2D eigenvalue weighted by Gasteiger charge is -2.06. The molecule has 0 saturated heterocycles. The molecule has 0 atom stereocenters.